The van der Waals surface area contributed by atoms with Gasteiger partial charge in [0, 0.05) is 12.3 Å². The van der Waals surface area contributed by atoms with E-state index in [0.29, 0.717) is 18.6 Å². The molecule has 0 aromatic heterocycles. The smallest absolute Gasteiger partial charge is 0.368 e. The van der Waals surface area contributed by atoms with Gasteiger partial charge in [0.1, 0.15) is 0 Å². The molecule has 0 bridgehead atoms. The molecule has 0 saturated carbocycles. The van der Waals surface area contributed by atoms with Crippen molar-refractivity contribution in [3.63, 3.8) is 0 Å². The molecule has 1 aliphatic heterocycles. The van der Waals surface area contributed by atoms with Crippen LogP contribution < -0.4 is 0 Å². The van der Waals surface area contributed by atoms with Gasteiger partial charge in [-0.1, -0.05) is 24.3 Å². The number of alkyl halides is 3. The molecule has 1 heterocycles. The zero-order valence-electron chi connectivity index (χ0n) is 9.52. The zero-order chi connectivity index (χ0) is 13.2. The molecule has 0 amide bonds. The predicted molar refractivity (Wildman–Crippen MR) is 60.5 cm³/mol. The third-order valence-corrected chi connectivity index (χ3v) is 2.81. The first-order valence-electron chi connectivity index (χ1n) is 5.60. The van der Waals surface area contributed by atoms with Crippen molar-refractivity contribution in [3.8, 4) is 0 Å². The lowest BCUT2D eigenvalue weighted by Gasteiger charge is -2.06. The minimum absolute atomic E-state index is 0.113. The molecule has 98 valence electrons. The molecule has 18 heavy (non-hydrogen) atoms. The Morgan fingerprint density at radius 2 is 1.89 bits per heavy atom. The molecule has 2 unspecified atom stereocenters. The summed E-state index contributed by atoms with van der Waals surface area (Å²) in [6.45, 7) is 0.443. The van der Waals surface area contributed by atoms with E-state index in [1.807, 2.05) is 6.08 Å². The Morgan fingerprint density at radius 3 is 2.39 bits per heavy atom. The second-order valence-electron chi connectivity index (χ2n) is 4.26. The number of ether oxygens (including phenoxy) is 1. The molecule has 1 saturated heterocycles. The molecule has 0 radical (unpaired) electrons. The van der Waals surface area contributed by atoms with Gasteiger partial charge < -0.3 is 9.84 Å². The van der Waals surface area contributed by atoms with Crippen LogP contribution in [-0.2, 0) is 10.9 Å². The van der Waals surface area contributed by atoms with Gasteiger partial charge >= 0.3 is 6.18 Å². The summed E-state index contributed by atoms with van der Waals surface area (Å²) in [5.74, 6) is 0.113. The van der Waals surface area contributed by atoms with E-state index in [2.05, 4.69) is 0 Å². The molecule has 1 fully saturated rings. The van der Waals surface area contributed by atoms with Crippen LogP contribution in [0.5, 0.6) is 0 Å². The molecule has 1 aromatic rings. The predicted octanol–water partition coefficient (Wildman–Crippen LogP) is 3.07. The quantitative estimate of drug-likeness (QED) is 0.883. The highest BCUT2D eigenvalue weighted by Crippen LogP contribution is 2.29. The minimum Gasteiger partial charge on any atom is -0.368 e. The van der Waals surface area contributed by atoms with E-state index in [1.54, 1.807) is 6.08 Å². The van der Waals surface area contributed by atoms with Crippen molar-refractivity contribution in [2.45, 2.75) is 18.9 Å². The van der Waals surface area contributed by atoms with Gasteiger partial charge in [-0.25, -0.2) is 0 Å². The first-order chi connectivity index (χ1) is 8.45. The van der Waals surface area contributed by atoms with E-state index in [9.17, 15) is 13.2 Å². The normalized spacial score (nSPS) is 24.9. The number of hydrogen-bond acceptors (Lipinski definition) is 2. The fourth-order valence-electron chi connectivity index (χ4n) is 1.79. The van der Waals surface area contributed by atoms with Crippen LogP contribution in [0.2, 0.25) is 0 Å². The third-order valence-electron chi connectivity index (χ3n) is 2.81. The molecular formula is C13H13F3O2. The zero-order valence-corrected chi connectivity index (χ0v) is 9.52. The van der Waals surface area contributed by atoms with Crippen molar-refractivity contribution >= 4 is 6.08 Å². The minimum atomic E-state index is -4.30. The Balaban J connectivity index is 2.00. The molecule has 0 aliphatic carbocycles. The van der Waals surface area contributed by atoms with Crippen molar-refractivity contribution in [3.05, 3.63) is 41.5 Å². The molecule has 2 atom stereocenters. The van der Waals surface area contributed by atoms with E-state index in [1.165, 1.54) is 12.1 Å². The second-order valence-corrected chi connectivity index (χ2v) is 4.26. The highest BCUT2D eigenvalue weighted by atomic mass is 19.4. The first kappa shape index (κ1) is 13.1. The Bertz CT molecular complexity index is 423. The first-order valence-corrected chi connectivity index (χ1v) is 5.60. The van der Waals surface area contributed by atoms with E-state index in [-0.39, 0.29) is 5.92 Å². The van der Waals surface area contributed by atoms with Crippen LogP contribution in [0.3, 0.4) is 0 Å². The van der Waals surface area contributed by atoms with Crippen molar-refractivity contribution in [2.75, 3.05) is 6.61 Å². The van der Waals surface area contributed by atoms with Gasteiger partial charge in [0.05, 0.1) is 12.2 Å². The van der Waals surface area contributed by atoms with Crippen LogP contribution in [-0.4, -0.2) is 18.0 Å². The Morgan fingerprint density at radius 1 is 1.22 bits per heavy atom. The topological polar surface area (TPSA) is 29.5 Å². The van der Waals surface area contributed by atoms with Crippen LogP contribution in [0.15, 0.2) is 30.3 Å². The average molecular weight is 258 g/mol. The summed E-state index contributed by atoms with van der Waals surface area (Å²) >= 11 is 0. The number of benzene rings is 1. The number of aliphatic hydroxyl groups is 1. The van der Waals surface area contributed by atoms with Crippen LogP contribution in [0.25, 0.3) is 6.08 Å². The monoisotopic (exact) mass is 258 g/mol. The van der Waals surface area contributed by atoms with Gasteiger partial charge in [-0.3, -0.25) is 0 Å². The maximum atomic E-state index is 12.3. The molecule has 1 N–H and O–H groups in total. The largest absolute Gasteiger partial charge is 0.416 e. The lowest BCUT2D eigenvalue weighted by atomic mass is 10.1. The van der Waals surface area contributed by atoms with Gasteiger partial charge in [-0.2, -0.15) is 13.2 Å². The maximum Gasteiger partial charge on any atom is 0.416 e. The van der Waals surface area contributed by atoms with Crippen LogP contribution >= 0.6 is 0 Å². The van der Waals surface area contributed by atoms with Gasteiger partial charge in [0.25, 0.3) is 0 Å². The standard InChI is InChI=1S/C13H13F3O2/c14-13(15,16)11-5-3-9(4-6-11)1-2-10-7-12(17)18-8-10/h1-6,10,12,17H,7-8H2/b2-1+. The summed E-state index contributed by atoms with van der Waals surface area (Å²) in [5, 5.41) is 9.14. The summed E-state index contributed by atoms with van der Waals surface area (Å²) in [4.78, 5) is 0. The molecule has 2 rings (SSSR count). The summed E-state index contributed by atoms with van der Waals surface area (Å²) in [6.07, 6.45) is -0.916. The van der Waals surface area contributed by atoms with Crippen molar-refractivity contribution < 1.29 is 23.0 Å². The van der Waals surface area contributed by atoms with Crippen LogP contribution in [0.4, 0.5) is 13.2 Å². The number of rotatable bonds is 2. The van der Waals surface area contributed by atoms with E-state index < -0.39 is 18.0 Å². The Kier molecular flexibility index (Phi) is 3.73. The van der Waals surface area contributed by atoms with Crippen molar-refractivity contribution in [2.24, 2.45) is 5.92 Å². The second kappa shape index (κ2) is 5.12. The van der Waals surface area contributed by atoms with Gasteiger partial charge in [-0.15, -0.1) is 0 Å². The molecule has 1 aliphatic rings. The fraction of sp³-hybridized carbons (Fsp3) is 0.385. The third kappa shape index (κ3) is 3.34. The van der Waals surface area contributed by atoms with E-state index in [4.69, 9.17) is 9.84 Å². The maximum absolute atomic E-state index is 12.3. The molecule has 2 nitrogen and oxygen atoms in total. The molecule has 5 heteroatoms. The lowest BCUT2D eigenvalue weighted by Crippen LogP contribution is -2.04. The van der Waals surface area contributed by atoms with E-state index in [0.717, 1.165) is 12.1 Å². The Labute approximate surface area is 103 Å². The Hall–Kier alpha value is -1.33. The van der Waals surface area contributed by atoms with E-state index >= 15 is 0 Å². The van der Waals surface area contributed by atoms with Crippen LogP contribution in [0.1, 0.15) is 17.5 Å². The van der Waals surface area contributed by atoms with Crippen LogP contribution in [0, 0.1) is 5.92 Å². The van der Waals surface area contributed by atoms with Gasteiger partial charge in [0.2, 0.25) is 0 Å². The summed E-state index contributed by atoms with van der Waals surface area (Å²) in [7, 11) is 0. The van der Waals surface area contributed by atoms with Crippen molar-refractivity contribution in [1.82, 2.24) is 0 Å². The fourth-order valence-corrected chi connectivity index (χ4v) is 1.79. The van der Waals surface area contributed by atoms with Gasteiger partial charge in [-0.05, 0) is 17.7 Å². The summed E-state index contributed by atoms with van der Waals surface area (Å²) < 4.78 is 42.0. The van der Waals surface area contributed by atoms with Gasteiger partial charge in [0.15, 0.2) is 6.29 Å². The number of hydrogen-bond donors (Lipinski definition) is 1. The van der Waals surface area contributed by atoms with Crippen molar-refractivity contribution in [1.29, 1.82) is 0 Å². The molecular weight excluding hydrogens is 245 g/mol. The average Bonchev–Trinajstić information content (AvgIpc) is 2.72. The highest BCUT2D eigenvalue weighted by molar-refractivity contribution is 5.50. The molecule has 0 spiro atoms. The number of halogens is 3. The number of aliphatic hydroxyl groups excluding tert-OH is 1. The SMILES string of the molecule is OC1CC(/C=C/c2ccc(C(F)(F)F)cc2)CO1. The lowest BCUT2D eigenvalue weighted by molar-refractivity contribution is -0.137. The molecule has 1 aromatic carbocycles. The highest BCUT2D eigenvalue weighted by Gasteiger charge is 2.29. The summed E-state index contributed by atoms with van der Waals surface area (Å²) in [6, 6.07) is 4.95. The summed E-state index contributed by atoms with van der Waals surface area (Å²) in [5.41, 5.74) is 0.0451.